The standard InChI is InChI=1S/C24H33N3O/c1-4-26(19(2)3)18-20-8-10-21(11-9-20)24(28)25-22-12-14-23(15-13-22)27-16-6-5-7-17-27/h8-15,19H,4-7,16-18H2,1-3H3,(H,25,28). The molecule has 28 heavy (non-hydrogen) atoms. The van der Waals surface area contributed by atoms with Crippen LogP contribution in [0.4, 0.5) is 11.4 Å². The summed E-state index contributed by atoms with van der Waals surface area (Å²) in [5, 5.41) is 3.01. The molecule has 2 aromatic carbocycles. The van der Waals surface area contributed by atoms with Crippen LogP contribution in [0.2, 0.25) is 0 Å². The SMILES string of the molecule is CCN(Cc1ccc(C(=O)Nc2ccc(N3CCCCC3)cc2)cc1)C(C)C. The molecule has 1 aliphatic rings. The summed E-state index contributed by atoms with van der Waals surface area (Å²) in [7, 11) is 0. The largest absolute Gasteiger partial charge is 0.372 e. The fourth-order valence-electron chi connectivity index (χ4n) is 3.77. The third-order valence-electron chi connectivity index (χ3n) is 5.58. The molecule has 0 radical (unpaired) electrons. The van der Waals surface area contributed by atoms with Crippen LogP contribution in [-0.2, 0) is 6.54 Å². The van der Waals surface area contributed by atoms with Crippen LogP contribution < -0.4 is 10.2 Å². The molecule has 2 aromatic rings. The van der Waals surface area contributed by atoms with E-state index in [0.29, 0.717) is 11.6 Å². The fraction of sp³-hybridized carbons (Fsp3) is 0.458. The highest BCUT2D eigenvalue weighted by atomic mass is 16.1. The minimum absolute atomic E-state index is 0.0616. The smallest absolute Gasteiger partial charge is 0.255 e. The lowest BCUT2D eigenvalue weighted by atomic mass is 10.1. The lowest BCUT2D eigenvalue weighted by Crippen LogP contribution is -2.29. The van der Waals surface area contributed by atoms with Gasteiger partial charge in [0.1, 0.15) is 0 Å². The van der Waals surface area contributed by atoms with Crippen LogP contribution in [-0.4, -0.2) is 36.5 Å². The van der Waals surface area contributed by atoms with E-state index in [4.69, 9.17) is 0 Å². The van der Waals surface area contributed by atoms with E-state index < -0.39 is 0 Å². The van der Waals surface area contributed by atoms with E-state index >= 15 is 0 Å². The number of piperidine rings is 1. The van der Waals surface area contributed by atoms with E-state index in [0.717, 1.165) is 31.9 Å². The van der Waals surface area contributed by atoms with Gasteiger partial charge < -0.3 is 10.2 Å². The van der Waals surface area contributed by atoms with E-state index in [1.54, 1.807) is 0 Å². The molecule has 1 heterocycles. The van der Waals surface area contributed by atoms with Crippen LogP contribution in [0.5, 0.6) is 0 Å². The maximum atomic E-state index is 12.6. The Labute approximate surface area is 169 Å². The summed E-state index contributed by atoms with van der Waals surface area (Å²) in [5.74, 6) is -0.0616. The zero-order chi connectivity index (χ0) is 19.9. The van der Waals surface area contributed by atoms with Crippen LogP contribution in [0.15, 0.2) is 48.5 Å². The summed E-state index contributed by atoms with van der Waals surface area (Å²) in [6, 6.07) is 16.7. The Bertz CT molecular complexity index is 746. The molecule has 0 saturated carbocycles. The Hall–Kier alpha value is -2.33. The second kappa shape index (κ2) is 9.74. The number of nitrogens with zero attached hydrogens (tertiary/aromatic N) is 2. The Morgan fingerprint density at radius 2 is 1.64 bits per heavy atom. The van der Waals surface area contributed by atoms with E-state index in [-0.39, 0.29) is 5.91 Å². The molecule has 1 aliphatic heterocycles. The number of hydrogen-bond donors (Lipinski definition) is 1. The number of anilines is 2. The van der Waals surface area contributed by atoms with Gasteiger partial charge >= 0.3 is 0 Å². The first-order chi connectivity index (χ1) is 13.6. The molecule has 1 N–H and O–H groups in total. The van der Waals surface area contributed by atoms with Gasteiger partial charge in [0, 0.05) is 42.6 Å². The Balaban J connectivity index is 1.58. The van der Waals surface area contributed by atoms with Gasteiger partial charge in [0.2, 0.25) is 0 Å². The molecule has 0 aromatic heterocycles. The van der Waals surface area contributed by atoms with Crippen LogP contribution in [0.3, 0.4) is 0 Å². The number of carbonyl (C=O) groups is 1. The number of hydrogen-bond acceptors (Lipinski definition) is 3. The molecule has 0 unspecified atom stereocenters. The minimum atomic E-state index is -0.0616. The van der Waals surface area contributed by atoms with Gasteiger partial charge in [-0.15, -0.1) is 0 Å². The first kappa shape index (κ1) is 20.4. The van der Waals surface area contributed by atoms with Gasteiger partial charge in [-0.3, -0.25) is 9.69 Å². The number of carbonyl (C=O) groups excluding carboxylic acids is 1. The van der Waals surface area contributed by atoms with Gasteiger partial charge in [-0.1, -0.05) is 19.1 Å². The first-order valence-electron chi connectivity index (χ1n) is 10.6. The van der Waals surface area contributed by atoms with Crippen LogP contribution >= 0.6 is 0 Å². The van der Waals surface area contributed by atoms with Crippen molar-refractivity contribution in [3.05, 3.63) is 59.7 Å². The Morgan fingerprint density at radius 1 is 1.00 bits per heavy atom. The third-order valence-corrected chi connectivity index (χ3v) is 5.58. The molecule has 0 aliphatic carbocycles. The van der Waals surface area contributed by atoms with Crippen molar-refractivity contribution in [2.75, 3.05) is 29.9 Å². The van der Waals surface area contributed by atoms with Gasteiger partial charge in [-0.2, -0.15) is 0 Å². The van der Waals surface area contributed by atoms with Crippen molar-refractivity contribution in [3.8, 4) is 0 Å². The molecule has 3 rings (SSSR count). The summed E-state index contributed by atoms with van der Waals surface area (Å²) in [5.41, 5.74) is 4.01. The van der Waals surface area contributed by atoms with Crippen molar-refractivity contribution in [3.63, 3.8) is 0 Å². The molecule has 0 bridgehead atoms. The highest BCUT2D eigenvalue weighted by Crippen LogP contribution is 2.22. The van der Waals surface area contributed by atoms with Gasteiger partial charge in [0.05, 0.1) is 0 Å². The quantitative estimate of drug-likeness (QED) is 0.722. The maximum absolute atomic E-state index is 12.6. The summed E-state index contributed by atoms with van der Waals surface area (Å²) in [4.78, 5) is 17.4. The monoisotopic (exact) mass is 379 g/mol. The zero-order valence-electron chi connectivity index (χ0n) is 17.4. The van der Waals surface area contributed by atoms with Gasteiger partial charge in [-0.05, 0) is 81.6 Å². The molecule has 1 amide bonds. The van der Waals surface area contributed by atoms with Crippen LogP contribution in [0, 0.1) is 0 Å². The van der Waals surface area contributed by atoms with Crippen molar-refractivity contribution in [1.29, 1.82) is 0 Å². The highest BCUT2D eigenvalue weighted by molar-refractivity contribution is 6.04. The number of benzene rings is 2. The maximum Gasteiger partial charge on any atom is 0.255 e. The molecule has 0 atom stereocenters. The number of nitrogens with one attached hydrogen (secondary N) is 1. The topological polar surface area (TPSA) is 35.6 Å². The fourth-order valence-corrected chi connectivity index (χ4v) is 3.77. The predicted octanol–water partition coefficient (Wildman–Crippen LogP) is 5.16. The van der Waals surface area contributed by atoms with Gasteiger partial charge in [0.25, 0.3) is 5.91 Å². The van der Waals surface area contributed by atoms with Crippen LogP contribution in [0.25, 0.3) is 0 Å². The normalized spacial score (nSPS) is 14.5. The predicted molar refractivity (Wildman–Crippen MR) is 118 cm³/mol. The molecule has 1 fully saturated rings. The molecule has 4 nitrogen and oxygen atoms in total. The summed E-state index contributed by atoms with van der Waals surface area (Å²) >= 11 is 0. The summed E-state index contributed by atoms with van der Waals surface area (Å²) in [6.07, 6.45) is 3.86. The average Bonchev–Trinajstić information content (AvgIpc) is 2.73. The van der Waals surface area contributed by atoms with Crippen molar-refractivity contribution < 1.29 is 4.79 Å². The van der Waals surface area contributed by atoms with Crippen molar-refractivity contribution >= 4 is 17.3 Å². The molecule has 0 spiro atoms. The molecular formula is C24H33N3O. The highest BCUT2D eigenvalue weighted by Gasteiger charge is 2.12. The number of amides is 1. The van der Waals surface area contributed by atoms with Crippen molar-refractivity contribution in [1.82, 2.24) is 4.90 Å². The zero-order valence-corrected chi connectivity index (χ0v) is 17.4. The van der Waals surface area contributed by atoms with Gasteiger partial charge in [0.15, 0.2) is 0 Å². The van der Waals surface area contributed by atoms with E-state index in [9.17, 15) is 4.79 Å². The summed E-state index contributed by atoms with van der Waals surface area (Å²) < 4.78 is 0. The van der Waals surface area contributed by atoms with E-state index in [1.807, 2.05) is 24.3 Å². The minimum Gasteiger partial charge on any atom is -0.372 e. The molecule has 1 saturated heterocycles. The Kier molecular flexibility index (Phi) is 7.10. The lowest BCUT2D eigenvalue weighted by molar-refractivity contribution is 0.102. The number of rotatable bonds is 7. The molecule has 150 valence electrons. The first-order valence-corrected chi connectivity index (χ1v) is 10.6. The molecular weight excluding hydrogens is 346 g/mol. The third kappa shape index (κ3) is 5.35. The van der Waals surface area contributed by atoms with Crippen molar-refractivity contribution in [2.45, 2.75) is 52.6 Å². The van der Waals surface area contributed by atoms with E-state index in [1.165, 1.54) is 30.5 Å². The second-order valence-corrected chi connectivity index (χ2v) is 7.90. The van der Waals surface area contributed by atoms with Gasteiger partial charge in [-0.25, -0.2) is 0 Å². The summed E-state index contributed by atoms with van der Waals surface area (Å²) in [6.45, 7) is 10.8. The lowest BCUT2D eigenvalue weighted by Gasteiger charge is -2.28. The molecule has 4 heteroatoms. The average molecular weight is 380 g/mol. The van der Waals surface area contributed by atoms with Crippen molar-refractivity contribution in [2.24, 2.45) is 0 Å². The Morgan fingerprint density at radius 3 is 2.21 bits per heavy atom. The second-order valence-electron chi connectivity index (χ2n) is 7.90. The van der Waals surface area contributed by atoms with E-state index in [2.05, 4.69) is 60.2 Å². The van der Waals surface area contributed by atoms with Crippen LogP contribution in [0.1, 0.15) is 56.0 Å².